The van der Waals surface area contributed by atoms with Crippen LogP contribution >= 0.6 is 0 Å². The van der Waals surface area contributed by atoms with E-state index >= 15 is 0 Å². The van der Waals surface area contributed by atoms with Gasteiger partial charge < -0.3 is 10.6 Å². The highest BCUT2D eigenvalue weighted by Gasteiger charge is 2.18. The largest absolute Gasteiger partial charge is 0.322 e. The van der Waals surface area contributed by atoms with E-state index in [1.165, 1.54) is 5.56 Å². The van der Waals surface area contributed by atoms with Crippen molar-refractivity contribution in [3.05, 3.63) is 65.0 Å². The zero-order chi connectivity index (χ0) is 19.3. The minimum atomic E-state index is -1.60. The summed E-state index contributed by atoms with van der Waals surface area (Å²) in [6.45, 7) is 6.04. The minimum Gasteiger partial charge on any atom is -0.322 e. The first-order valence-corrected chi connectivity index (χ1v) is 8.59. The molecule has 0 bridgehead atoms. The summed E-state index contributed by atoms with van der Waals surface area (Å²) in [5.74, 6) is -4.63. The first-order chi connectivity index (χ1) is 12.3. The van der Waals surface area contributed by atoms with E-state index in [4.69, 9.17) is 0 Å². The van der Waals surface area contributed by atoms with Crippen molar-refractivity contribution in [3.63, 3.8) is 0 Å². The average molecular weight is 364 g/mol. The smallest absolute Gasteiger partial charge is 0.238 e. The van der Waals surface area contributed by atoms with Gasteiger partial charge in [0.05, 0.1) is 12.2 Å². The number of nitrogens with one attached hydrogen (secondary N) is 2. The number of aryl methyl sites for hydroxylation is 1. The third-order valence-corrected chi connectivity index (χ3v) is 4.21. The molecule has 0 radical (unpaired) electrons. The maximum absolute atomic E-state index is 13.6. The highest BCUT2D eigenvalue weighted by Crippen LogP contribution is 2.23. The molecule has 2 rings (SSSR count). The van der Waals surface area contributed by atoms with E-state index in [0.29, 0.717) is 0 Å². The molecule has 0 spiro atoms. The number of carbonyl (C=O) groups excluding carboxylic acids is 1. The van der Waals surface area contributed by atoms with Gasteiger partial charge in [-0.3, -0.25) is 4.79 Å². The summed E-state index contributed by atoms with van der Waals surface area (Å²) in [7, 11) is 0. The lowest BCUT2D eigenvalue weighted by Gasteiger charge is -2.23. The summed E-state index contributed by atoms with van der Waals surface area (Å²) in [6, 6.07) is 9.82. The van der Waals surface area contributed by atoms with Crippen LogP contribution in [0.25, 0.3) is 0 Å². The third kappa shape index (κ3) is 4.85. The standard InChI is InChI=1S/C20H23F3N2O/c1-4-13-5-7-14(8-6-13)20(12(2)3)24-11-17(26)25-16-10-9-15(21)18(22)19(16)23/h5-10,12,20,24H,4,11H2,1-3H3,(H,25,26)/t20-/m0/s1. The quantitative estimate of drug-likeness (QED) is 0.706. The van der Waals surface area contributed by atoms with Crippen molar-refractivity contribution in [2.45, 2.75) is 33.2 Å². The molecular weight excluding hydrogens is 341 g/mol. The van der Waals surface area contributed by atoms with E-state index in [9.17, 15) is 18.0 Å². The molecule has 0 heterocycles. The van der Waals surface area contributed by atoms with E-state index < -0.39 is 23.4 Å². The fraction of sp³-hybridized carbons (Fsp3) is 0.350. The molecule has 0 aliphatic heterocycles. The van der Waals surface area contributed by atoms with Crippen molar-refractivity contribution in [3.8, 4) is 0 Å². The number of hydrogen-bond acceptors (Lipinski definition) is 2. The van der Waals surface area contributed by atoms with Crippen molar-refractivity contribution in [2.24, 2.45) is 5.92 Å². The monoisotopic (exact) mass is 364 g/mol. The fourth-order valence-corrected chi connectivity index (χ4v) is 2.72. The molecule has 0 saturated heterocycles. The molecule has 0 fully saturated rings. The van der Waals surface area contributed by atoms with E-state index in [1.807, 2.05) is 38.1 Å². The SMILES string of the molecule is CCc1ccc([C@@H](NCC(=O)Nc2ccc(F)c(F)c2F)C(C)C)cc1. The van der Waals surface area contributed by atoms with Crippen LogP contribution in [0.5, 0.6) is 0 Å². The molecule has 0 aromatic heterocycles. The summed E-state index contributed by atoms with van der Waals surface area (Å²) < 4.78 is 39.8. The van der Waals surface area contributed by atoms with E-state index in [0.717, 1.165) is 24.1 Å². The first kappa shape index (κ1) is 20.0. The summed E-state index contributed by atoms with van der Waals surface area (Å²) in [6.07, 6.45) is 0.947. The molecule has 1 amide bonds. The van der Waals surface area contributed by atoms with Crippen LogP contribution < -0.4 is 10.6 Å². The van der Waals surface area contributed by atoms with Gasteiger partial charge in [-0.05, 0) is 35.6 Å². The molecule has 6 heteroatoms. The molecule has 2 N–H and O–H groups in total. The van der Waals surface area contributed by atoms with Gasteiger partial charge in [0.1, 0.15) is 0 Å². The zero-order valence-corrected chi connectivity index (χ0v) is 15.1. The molecular formula is C20H23F3N2O. The Morgan fingerprint density at radius 1 is 1.00 bits per heavy atom. The van der Waals surface area contributed by atoms with E-state index in [1.54, 1.807) is 0 Å². The highest BCUT2D eigenvalue weighted by atomic mass is 19.2. The van der Waals surface area contributed by atoms with Crippen LogP contribution in [0.1, 0.15) is 37.9 Å². The Labute approximate surface area is 151 Å². The number of hydrogen-bond donors (Lipinski definition) is 2. The molecule has 2 aromatic rings. The van der Waals surface area contributed by atoms with Crippen molar-refractivity contribution in [1.29, 1.82) is 0 Å². The van der Waals surface area contributed by atoms with Crippen molar-refractivity contribution < 1.29 is 18.0 Å². The van der Waals surface area contributed by atoms with Gasteiger partial charge >= 0.3 is 0 Å². The van der Waals surface area contributed by atoms with Gasteiger partial charge in [-0.2, -0.15) is 0 Å². The molecule has 0 unspecified atom stereocenters. The van der Waals surface area contributed by atoms with Gasteiger partial charge in [-0.1, -0.05) is 45.0 Å². The lowest BCUT2D eigenvalue weighted by Crippen LogP contribution is -2.33. The Morgan fingerprint density at radius 2 is 1.65 bits per heavy atom. The zero-order valence-electron chi connectivity index (χ0n) is 15.1. The molecule has 26 heavy (non-hydrogen) atoms. The second-order valence-electron chi connectivity index (χ2n) is 6.47. The highest BCUT2D eigenvalue weighted by molar-refractivity contribution is 5.92. The predicted octanol–water partition coefficient (Wildman–Crippen LogP) is 4.59. The molecule has 140 valence electrons. The average Bonchev–Trinajstić information content (AvgIpc) is 2.62. The number of rotatable bonds is 7. The topological polar surface area (TPSA) is 41.1 Å². The molecule has 0 aliphatic carbocycles. The van der Waals surface area contributed by atoms with Gasteiger partial charge in [-0.15, -0.1) is 0 Å². The Kier molecular flexibility index (Phi) is 6.80. The van der Waals surface area contributed by atoms with Crippen molar-refractivity contribution in [1.82, 2.24) is 5.32 Å². The summed E-state index contributed by atoms with van der Waals surface area (Å²) in [5.41, 5.74) is 1.89. The van der Waals surface area contributed by atoms with Gasteiger partial charge in [0.15, 0.2) is 17.5 Å². The normalized spacial score (nSPS) is 12.3. The van der Waals surface area contributed by atoms with Crippen LogP contribution in [-0.2, 0) is 11.2 Å². The summed E-state index contributed by atoms with van der Waals surface area (Å²) in [5, 5.41) is 5.40. The van der Waals surface area contributed by atoms with Crippen LogP contribution in [0, 0.1) is 23.4 Å². The van der Waals surface area contributed by atoms with Gasteiger partial charge in [0, 0.05) is 6.04 Å². The van der Waals surface area contributed by atoms with Crippen LogP contribution in [-0.4, -0.2) is 12.5 Å². The first-order valence-electron chi connectivity index (χ1n) is 8.59. The number of amides is 1. The number of benzene rings is 2. The summed E-state index contributed by atoms with van der Waals surface area (Å²) in [4.78, 5) is 12.1. The molecule has 0 aliphatic rings. The number of carbonyl (C=O) groups is 1. The van der Waals surface area contributed by atoms with Crippen molar-refractivity contribution in [2.75, 3.05) is 11.9 Å². The lowest BCUT2D eigenvalue weighted by atomic mass is 9.95. The van der Waals surface area contributed by atoms with Crippen LogP contribution in [0.4, 0.5) is 18.9 Å². The third-order valence-electron chi connectivity index (χ3n) is 4.21. The molecule has 3 nitrogen and oxygen atoms in total. The second kappa shape index (κ2) is 8.85. The van der Waals surface area contributed by atoms with Crippen LogP contribution in [0.15, 0.2) is 36.4 Å². The molecule has 2 aromatic carbocycles. The van der Waals surface area contributed by atoms with Crippen LogP contribution in [0.2, 0.25) is 0 Å². The Balaban J connectivity index is 2.02. The lowest BCUT2D eigenvalue weighted by molar-refractivity contribution is -0.115. The summed E-state index contributed by atoms with van der Waals surface area (Å²) >= 11 is 0. The van der Waals surface area contributed by atoms with Gasteiger partial charge in [-0.25, -0.2) is 13.2 Å². The van der Waals surface area contributed by atoms with E-state index in [-0.39, 0.29) is 24.2 Å². The Morgan fingerprint density at radius 3 is 2.23 bits per heavy atom. The number of halogens is 3. The molecule has 0 saturated carbocycles. The maximum Gasteiger partial charge on any atom is 0.238 e. The van der Waals surface area contributed by atoms with Crippen LogP contribution in [0.3, 0.4) is 0 Å². The minimum absolute atomic E-state index is 0.0681. The second-order valence-corrected chi connectivity index (χ2v) is 6.47. The Hall–Kier alpha value is -2.34. The van der Waals surface area contributed by atoms with E-state index in [2.05, 4.69) is 17.6 Å². The van der Waals surface area contributed by atoms with Gasteiger partial charge in [0.25, 0.3) is 0 Å². The Bertz CT molecular complexity index is 760. The predicted molar refractivity (Wildman–Crippen MR) is 96.3 cm³/mol. The number of anilines is 1. The fourth-order valence-electron chi connectivity index (χ4n) is 2.72. The van der Waals surface area contributed by atoms with Crippen molar-refractivity contribution >= 4 is 11.6 Å². The van der Waals surface area contributed by atoms with Gasteiger partial charge in [0.2, 0.25) is 5.91 Å². The maximum atomic E-state index is 13.6. The molecule has 1 atom stereocenters.